The Morgan fingerprint density at radius 2 is 1.74 bits per heavy atom. The number of esters is 1. The first-order chi connectivity index (χ1) is 15.1. The summed E-state index contributed by atoms with van der Waals surface area (Å²) < 4.78 is 15.7. The predicted octanol–water partition coefficient (Wildman–Crippen LogP) is 3.64. The molecule has 3 aromatic carbocycles. The van der Waals surface area contributed by atoms with E-state index in [-0.39, 0.29) is 12.0 Å². The molecule has 1 heterocycles. The summed E-state index contributed by atoms with van der Waals surface area (Å²) in [6, 6.07) is 18.1. The zero-order valence-electron chi connectivity index (χ0n) is 16.7. The van der Waals surface area contributed by atoms with Gasteiger partial charge in [-0.3, -0.25) is 19.7 Å². The fraction of sp³-hybridized carbons (Fsp3) is 0.125. The molecule has 2 amide bonds. The predicted molar refractivity (Wildman–Crippen MR) is 114 cm³/mol. The van der Waals surface area contributed by atoms with Gasteiger partial charge in [-0.1, -0.05) is 42.5 Å². The van der Waals surface area contributed by atoms with E-state index in [1.807, 2.05) is 36.4 Å². The van der Waals surface area contributed by atoms with Crippen molar-refractivity contribution in [1.29, 1.82) is 0 Å². The van der Waals surface area contributed by atoms with Crippen molar-refractivity contribution in [3.05, 3.63) is 78.1 Å². The number of carbonyl (C=O) groups is 3. The summed E-state index contributed by atoms with van der Waals surface area (Å²) >= 11 is 0. The first kappa shape index (κ1) is 20.2. The number of furan rings is 1. The van der Waals surface area contributed by atoms with E-state index in [0.717, 1.165) is 16.2 Å². The number of benzene rings is 3. The molecule has 0 aliphatic heterocycles. The van der Waals surface area contributed by atoms with E-state index in [4.69, 9.17) is 13.9 Å². The molecule has 0 spiro atoms. The van der Waals surface area contributed by atoms with Crippen molar-refractivity contribution in [2.75, 3.05) is 13.7 Å². The quantitative estimate of drug-likeness (QED) is 0.482. The van der Waals surface area contributed by atoms with Crippen molar-refractivity contribution < 1.29 is 28.3 Å². The fourth-order valence-corrected chi connectivity index (χ4v) is 3.42. The zero-order chi connectivity index (χ0) is 21.8. The van der Waals surface area contributed by atoms with E-state index in [1.54, 1.807) is 18.2 Å². The number of fused-ring (bicyclic) bond motifs is 3. The topological polar surface area (TPSA) is 94.8 Å². The van der Waals surface area contributed by atoms with Crippen LogP contribution in [0, 0.1) is 0 Å². The van der Waals surface area contributed by atoms with Crippen LogP contribution in [-0.4, -0.2) is 31.5 Å². The Morgan fingerprint density at radius 1 is 0.968 bits per heavy atom. The number of methoxy groups -OCH3 is 1. The van der Waals surface area contributed by atoms with Crippen LogP contribution < -0.4 is 10.1 Å². The number of rotatable bonds is 6. The molecule has 156 valence electrons. The molecule has 0 saturated heterocycles. The van der Waals surface area contributed by atoms with Crippen LogP contribution in [0.3, 0.4) is 0 Å². The number of amides is 2. The van der Waals surface area contributed by atoms with Gasteiger partial charge in [0.15, 0.2) is 6.61 Å². The van der Waals surface area contributed by atoms with Crippen molar-refractivity contribution in [2.24, 2.45) is 0 Å². The van der Waals surface area contributed by atoms with Gasteiger partial charge in [0.25, 0.3) is 11.8 Å². The van der Waals surface area contributed by atoms with Gasteiger partial charge < -0.3 is 13.9 Å². The summed E-state index contributed by atoms with van der Waals surface area (Å²) in [6.45, 7) is -0.573. The lowest BCUT2D eigenvalue weighted by Crippen LogP contribution is -2.34. The summed E-state index contributed by atoms with van der Waals surface area (Å²) in [7, 11) is 1.43. The maximum absolute atomic E-state index is 12.3. The van der Waals surface area contributed by atoms with Crippen LogP contribution in [0.2, 0.25) is 0 Å². The number of ether oxygens (including phenoxy) is 2. The molecule has 0 atom stereocenters. The number of hydrogen-bond donors (Lipinski definition) is 1. The molecule has 4 aromatic rings. The number of carbonyl (C=O) groups excluding carboxylic acids is 3. The average Bonchev–Trinajstić information content (AvgIpc) is 3.20. The molecular formula is C24H19NO6. The Bertz CT molecular complexity index is 1290. The SMILES string of the molecule is COc1ccccc1C(=O)NC(=O)COC(=O)Cc1coc2ccc3ccccc3c12. The number of para-hydroxylation sites is 1. The van der Waals surface area contributed by atoms with Crippen molar-refractivity contribution >= 4 is 39.5 Å². The largest absolute Gasteiger partial charge is 0.496 e. The van der Waals surface area contributed by atoms with Crippen LogP contribution in [0.25, 0.3) is 21.7 Å². The second-order valence-corrected chi connectivity index (χ2v) is 6.84. The van der Waals surface area contributed by atoms with Gasteiger partial charge in [0.1, 0.15) is 11.3 Å². The molecule has 4 rings (SSSR count). The van der Waals surface area contributed by atoms with E-state index in [1.165, 1.54) is 19.4 Å². The highest BCUT2D eigenvalue weighted by molar-refractivity contribution is 6.08. The van der Waals surface area contributed by atoms with Crippen molar-refractivity contribution in [3.8, 4) is 5.75 Å². The molecule has 0 aliphatic carbocycles. The van der Waals surface area contributed by atoms with Gasteiger partial charge in [-0.05, 0) is 29.0 Å². The Labute approximate surface area is 177 Å². The zero-order valence-corrected chi connectivity index (χ0v) is 16.7. The molecule has 0 fully saturated rings. The minimum Gasteiger partial charge on any atom is -0.496 e. The normalized spacial score (nSPS) is 10.7. The second-order valence-electron chi connectivity index (χ2n) is 6.84. The lowest BCUT2D eigenvalue weighted by atomic mass is 10.0. The minimum absolute atomic E-state index is 0.0608. The van der Waals surface area contributed by atoms with Gasteiger partial charge in [0.2, 0.25) is 0 Å². The third kappa shape index (κ3) is 4.25. The van der Waals surface area contributed by atoms with Gasteiger partial charge in [0, 0.05) is 10.9 Å². The molecule has 0 saturated carbocycles. The van der Waals surface area contributed by atoms with E-state index >= 15 is 0 Å². The highest BCUT2D eigenvalue weighted by Crippen LogP contribution is 2.30. The van der Waals surface area contributed by atoms with Crippen LogP contribution in [0.4, 0.5) is 0 Å². The van der Waals surface area contributed by atoms with Gasteiger partial charge in [-0.25, -0.2) is 0 Å². The summed E-state index contributed by atoms with van der Waals surface area (Å²) in [5.41, 5.74) is 1.55. The molecule has 1 aromatic heterocycles. The lowest BCUT2D eigenvalue weighted by Gasteiger charge is -2.08. The maximum atomic E-state index is 12.3. The van der Waals surface area contributed by atoms with Crippen LogP contribution in [0.1, 0.15) is 15.9 Å². The van der Waals surface area contributed by atoms with Crippen LogP contribution in [-0.2, 0) is 20.7 Å². The second kappa shape index (κ2) is 8.71. The summed E-state index contributed by atoms with van der Waals surface area (Å²) in [6.07, 6.45) is 1.46. The Balaban J connectivity index is 1.39. The van der Waals surface area contributed by atoms with Crippen LogP contribution in [0.15, 0.2) is 71.3 Å². The third-order valence-electron chi connectivity index (χ3n) is 4.84. The molecule has 0 radical (unpaired) electrons. The van der Waals surface area contributed by atoms with Crippen LogP contribution in [0.5, 0.6) is 5.75 Å². The van der Waals surface area contributed by atoms with Crippen LogP contribution >= 0.6 is 0 Å². The van der Waals surface area contributed by atoms with Crippen molar-refractivity contribution in [3.63, 3.8) is 0 Å². The first-order valence-corrected chi connectivity index (χ1v) is 9.57. The Hall–Kier alpha value is -4.13. The van der Waals surface area contributed by atoms with Crippen molar-refractivity contribution in [2.45, 2.75) is 6.42 Å². The standard InChI is InChI=1S/C24H19NO6/c1-29-19-9-5-4-8-18(19)24(28)25-21(26)14-31-22(27)12-16-13-30-20-11-10-15-6-2-3-7-17(15)23(16)20/h2-11,13H,12,14H2,1H3,(H,25,26,28). The number of hydrogen-bond acceptors (Lipinski definition) is 6. The van der Waals surface area contributed by atoms with E-state index in [9.17, 15) is 14.4 Å². The van der Waals surface area contributed by atoms with Crippen molar-refractivity contribution in [1.82, 2.24) is 5.32 Å². The van der Waals surface area contributed by atoms with E-state index in [2.05, 4.69) is 5.32 Å². The molecular weight excluding hydrogens is 398 g/mol. The van der Waals surface area contributed by atoms with Gasteiger partial charge >= 0.3 is 5.97 Å². The molecule has 7 nitrogen and oxygen atoms in total. The molecule has 0 aliphatic rings. The molecule has 1 N–H and O–H groups in total. The van der Waals surface area contributed by atoms with Gasteiger partial charge in [-0.15, -0.1) is 0 Å². The lowest BCUT2D eigenvalue weighted by molar-refractivity contribution is -0.147. The maximum Gasteiger partial charge on any atom is 0.310 e. The molecule has 7 heteroatoms. The first-order valence-electron chi connectivity index (χ1n) is 9.57. The number of nitrogens with one attached hydrogen (secondary N) is 1. The third-order valence-corrected chi connectivity index (χ3v) is 4.84. The van der Waals surface area contributed by atoms with E-state index in [0.29, 0.717) is 16.9 Å². The molecule has 31 heavy (non-hydrogen) atoms. The van der Waals surface area contributed by atoms with Gasteiger partial charge in [-0.2, -0.15) is 0 Å². The summed E-state index contributed by atoms with van der Waals surface area (Å²) in [5.74, 6) is -1.63. The van der Waals surface area contributed by atoms with E-state index < -0.39 is 24.4 Å². The Kier molecular flexibility index (Phi) is 5.66. The minimum atomic E-state index is -0.730. The Morgan fingerprint density at radius 3 is 2.58 bits per heavy atom. The smallest absolute Gasteiger partial charge is 0.310 e. The highest BCUT2D eigenvalue weighted by Gasteiger charge is 2.18. The summed E-state index contributed by atoms with van der Waals surface area (Å²) in [4.78, 5) is 36.6. The monoisotopic (exact) mass is 417 g/mol. The summed E-state index contributed by atoms with van der Waals surface area (Å²) in [5, 5.41) is 5.02. The molecule has 0 bridgehead atoms. The molecule has 0 unspecified atom stereocenters. The average molecular weight is 417 g/mol. The fourth-order valence-electron chi connectivity index (χ4n) is 3.42. The number of imide groups is 1. The van der Waals surface area contributed by atoms with Gasteiger partial charge in [0.05, 0.1) is 25.4 Å². The highest BCUT2D eigenvalue weighted by atomic mass is 16.5.